The number of unbranched alkanes of at least 4 members (excludes halogenated alkanes) is 1. The molecule has 210 valence electrons. The van der Waals surface area contributed by atoms with E-state index >= 15 is 0 Å². The third-order valence-corrected chi connectivity index (χ3v) is 7.59. The van der Waals surface area contributed by atoms with Crippen LogP contribution in [0.4, 0.5) is 4.79 Å². The van der Waals surface area contributed by atoms with Gasteiger partial charge in [-0.2, -0.15) is 5.01 Å². The van der Waals surface area contributed by atoms with Crippen molar-refractivity contribution in [2.24, 2.45) is 0 Å². The van der Waals surface area contributed by atoms with Crippen LogP contribution in [-0.2, 0) is 22.6 Å². The van der Waals surface area contributed by atoms with Crippen LogP contribution in [0.25, 0.3) is 0 Å². The van der Waals surface area contributed by atoms with Crippen LogP contribution in [0.5, 0.6) is 0 Å². The number of carbonyl (C=O) groups excluding carboxylic acids is 3. The van der Waals surface area contributed by atoms with Crippen LogP contribution in [0.1, 0.15) is 35.6 Å². The second kappa shape index (κ2) is 13.2. The lowest BCUT2D eigenvalue weighted by Gasteiger charge is -2.55. The molecule has 2 aliphatic heterocycles. The highest BCUT2D eigenvalue weighted by Gasteiger charge is 2.51. The molecule has 41 heavy (non-hydrogen) atoms. The molecular formula is C33H35N5O3. The first kappa shape index (κ1) is 27.9. The number of rotatable bonds is 9. The van der Waals surface area contributed by atoms with E-state index in [0.29, 0.717) is 13.1 Å². The Morgan fingerprint density at radius 2 is 1.51 bits per heavy atom. The molecule has 0 unspecified atom stereocenters. The Morgan fingerprint density at radius 3 is 2.17 bits per heavy atom. The zero-order chi connectivity index (χ0) is 28.6. The molecule has 5 rings (SSSR count). The minimum Gasteiger partial charge on any atom is -0.337 e. The lowest BCUT2D eigenvalue weighted by molar-refractivity contribution is -0.189. The number of hydrogen-bond acceptors (Lipinski definition) is 4. The molecule has 4 amide bonds. The van der Waals surface area contributed by atoms with Gasteiger partial charge in [-0.15, -0.1) is 6.42 Å². The number of fused-ring (bicyclic) bond motifs is 1. The minimum absolute atomic E-state index is 0.0901. The monoisotopic (exact) mass is 549 g/mol. The molecule has 2 fully saturated rings. The van der Waals surface area contributed by atoms with Crippen molar-refractivity contribution < 1.29 is 14.4 Å². The molecule has 0 saturated carbocycles. The predicted molar refractivity (Wildman–Crippen MR) is 157 cm³/mol. The Bertz CT molecular complexity index is 1380. The van der Waals surface area contributed by atoms with Gasteiger partial charge in [-0.05, 0) is 36.0 Å². The van der Waals surface area contributed by atoms with E-state index < -0.39 is 12.2 Å². The maximum absolute atomic E-state index is 14.0. The number of amides is 4. The summed E-state index contributed by atoms with van der Waals surface area (Å²) in [6, 6.07) is 28.0. The molecule has 1 N–H and O–H groups in total. The summed E-state index contributed by atoms with van der Waals surface area (Å²) in [6.07, 6.45) is 7.60. The van der Waals surface area contributed by atoms with Gasteiger partial charge in [-0.1, -0.05) is 96.9 Å². The van der Waals surface area contributed by atoms with E-state index in [0.717, 1.165) is 30.4 Å². The summed E-state index contributed by atoms with van der Waals surface area (Å²) in [7, 11) is 0. The smallest absolute Gasteiger partial charge is 0.334 e. The van der Waals surface area contributed by atoms with Gasteiger partial charge in [0.2, 0.25) is 11.8 Å². The van der Waals surface area contributed by atoms with Gasteiger partial charge in [0.25, 0.3) is 0 Å². The van der Waals surface area contributed by atoms with E-state index in [1.54, 1.807) is 19.8 Å². The molecular weight excluding hydrogens is 514 g/mol. The second-order valence-electron chi connectivity index (χ2n) is 10.3. The van der Waals surface area contributed by atoms with Crippen molar-refractivity contribution in [2.75, 3.05) is 26.2 Å². The third-order valence-electron chi connectivity index (χ3n) is 7.59. The minimum atomic E-state index is -0.825. The number of piperazine rings is 1. The van der Waals surface area contributed by atoms with Gasteiger partial charge >= 0.3 is 6.03 Å². The number of nitrogens with zero attached hydrogens (tertiary/aromatic N) is 4. The van der Waals surface area contributed by atoms with Crippen molar-refractivity contribution in [2.45, 2.75) is 38.0 Å². The van der Waals surface area contributed by atoms with Crippen molar-refractivity contribution in [3.8, 4) is 12.3 Å². The first-order valence-corrected chi connectivity index (χ1v) is 14.0. The summed E-state index contributed by atoms with van der Waals surface area (Å²) < 4.78 is 0. The molecule has 0 aromatic heterocycles. The fourth-order valence-electron chi connectivity index (χ4n) is 5.62. The van der Waals surface area contributed by atoms with Crippen LogP contribution in [0.3, 0.4) is 0 Å². The highest BCUT2D eigenvalue weighted by Crippen LogP contribution is 2.35. The molecule has 3 aromatic carbocycles. The highest BCUT2D eigenvalue weighted by atomic mass is 16.2. The van der Waals surface area contributed by atoms with Crippen LogP contribution >= 0.6 is 0 Å². The van der Waals surface area contributed by atoms with E-state index in [1.807, 2.05) is 78.9 Å². The molecule has 3 aromatic rings. The maximum atomic E-state index is 14.0. The van der Waals surface area contributed by atoms with Crippen LogP contribution in [-0.4, -0.2) is 70.0 Å². The fourth-order valence-corrected chi connectivity index (χ4v) is 5.62. The molecule has 8 heteroatoms. The molecule has 8 nitrogen and oxygen atoms in total. The van der Waals surface area contributed by atoms with Crippen LogP contribution in [0, 0.1) is 12.3 Å². The van der Waals surface area contributed by atoms with Crippen molar-refractivity contribution in [3.63, 3.8) is 0 Å². The van der Waals surface area contributed by atoms with E-state index in [4.69, 9.17) is 6.42 Å². The lowest BCUT2D eigenvalue weighted by atomic mass is 9.98. The number of nitrogens with one attached hydrogen (secondary N) is 1. The number of aryl methyl sites for hydroxylation is 1. The van der Waals surface area contributed by atoms with Crippen molar-refractivity contribution in [3.05, 3.63) is 108 Å². The molecule has 0 bridgehead atoms. The third kappa shape index (κ3) is 6.42. The Hall–Kier alpha value is -4.61. The molecule has 0 spiro atoms. The van der Waals surface area contributed by atoms with Gasteiger partial charge in [-0.3, -0.25) is 9.59 Å². The van der Waals surface area contributed by atoms with Crippen molar-refractivity contribution in [1.82, 2.24) is 25.1 Å². The van der Waals surface area contributed by atoms with E-state index in [1.165, 1.54) is 5.56 Å². The Morgan fingerprint density at radius 1 is 0.878 bits per heavy atom. The first-order valence-electron chi connectivity index (χ1n) is 14.0. The topological polar surface area (TPSA) is 76.2 Å². The quantitative estimate of drug-likeness (QED) is 0.325. The molecule has 2 heterocycles. The Labute approximate surface area is 241 Å². The number of benzene rings is 3. The number of urea groups is 1. The van der Waals surface area contributed by atoms with E-state index in [-0.39, 0.29) is 37.5 Å². The highest BCUT2D eigenvalue weighted by molar-refractivity contribution is 5.92. The summed E-state index contributed by atoms with van der Waals surface area (Å²) in [5.74, 6) is 2.22. The summed E-state index contributed by atoms with van der Waals surface area (Å²) >= 11 is 0. The van der Waals surface area contributed by atoms with Gasteiger partial charge in [0.05, 0.1) is 19.6 Å². The van der Waals surface area contributed by atoms with Crippen LogP contribution in [0.15, 0.2) is 91.0 Å². The summed E-state index contributed by atoms with van der Waals surface area (Å²) in [4.78, 5) is 44.7. The maximum Gasteiger partial charge on any atom is 0.334 e. The summed E-state index contributed by atoms with van der Waals surface area (Å²) in [5, 5.41) is 6.14. The Kier molecular flexibility index (Phi) is 8.97. The molecule has 0 aliphatic carbocycles. The largest absolute Gasteiger partial charge is 0.337 e. The summed E-state index contributed by atoms with van der Waals surface area (Å²) in [5.41, 5.74) is 2.94. The van der Waals surface area contributed by atoms with Crippen LogP contribution in [0.2, 0.25) is 0 Å². The number of carbonyl (C=O) groups is 3. The molecule has 0 radical (unpaired) electrons. The molecule has 2 atom stereocenters. The average molecular weight is 550 g/mol. The molecule has 2 saturated heterocycles. The van der Waals surface area contributed by atoms with Crippen molar-refractivity contribution >= 4 is 17.8 Å². The van der Waals surface area contributed by atoms with Gasteiger partial charge in [-0.25, -0.2) is 9.80 Å². The van der Waals surface area contributed by atoms with E-state index in [9.17, 15) is 14.4 Å². The number of hydrazine groups is 1. The van der Waals surface area contributed by atoms with E-state index in [2.05, 4.69) is 23.4 Å². The van der Waals surface area contributed by atoms with Crippen molar-refractivity contribution in [1.29, 1.82) is 0 Å². The number of hydrogen-bond donors (Lipinski definition) is 1. The zero-order valence-electron chi connectivity index (χ0n) is 23.1. The fraction of sp³-hybridized carbons (Fsp3) is 0.303. The normalized spacial score (nSPS) is 19.0. The predicted octanol–water partition coefficient (Wildman–Crippen LogP) is 3.82. The Balaban J connectivity index is 1.40. The van der Waals surface area contributed by atoms with Gasteiger partial charge in [0.15, 0.2) is 0 Å². The average Bonchev–Trinajstić information content (AvgIpc) is 3.00. The van der Waals surface area contributed by atoms with Gasteiger partial charge in [0, 0.05) is 13.1 Å². The standard InChI is InChI=1S/C33H35N5O3/c1-2-21-36-25-30(39)37-29(38(36)33(41)34-23-27-17-8-4-9-18-27)24-35(22-13-12-16-26-14-6-3-7-15-26)32(40)31(37)28-19-10-5-11-20-28/h1,3-11,14-15,17-20,29,31H,12-13,16,21-25H2,(H,34,41)/t29-,31-/m0/s1. The second-order valence-corrected chi connectivity index (χ2v) is 10.3. The zero-order valence-corrected chi connectivity index (χ0v) is 23.1. The number of terminal acetylenes is 1. The van der Waals surface area contributed by atoms with Crippen LogP contribution < -0.4 is 5.32 Å². The summed E-state index contributed by atoms with van der Waals surface area (Å²) in [6.45, 7) is 1.06. The molecule has 2 aliphatic rings. The SMILES string of the molecule is C#CCN1CC(=O)N2[C@@H](c3ccccc3)C(=O)N(CCCCc3ccccc3)C[C@@H]2N1C(=O)NCc1ccccc1. The van der Waals surface area contributed by atoms with Gasteiger partial charge in [0.1, 0.15) is 12.2 Å². The first-order chi connectivity index (χ1) is 20.1. The van der Waals surface area contributed by atoms with Gasteiger partial charge < -0.3 is 15.1 Å². The lowest BCUT2D eigenvalue weighted by Crippen LogP contribution is -2.74.